The van der Waals surface area contributed by atoms with Gasteiger partial charge in [0, 0.05) is 18.8 Å². The molecule has 0 unspecified atom stereocenters. The Hall–Kier alpha value is -4.67. The summed E-state index contributed by atoms with van der Waals surface area (Å²) in [6, 6.07) is 4.85. The molecule has 0 saturated carbocycles. The van der Waals surface area contributed by atoms with Crippen LogP contribution >= 0.6 is 0 Å². The van der Waals surface area contributed by atoms with E-state index in [1.165, 1.54) is 39.3 Å². The number of nitro groups is 1. The molecule has 1 amide bonds. The van der Waals surface area contributed by atoms with E-state index in [0.29, 0.717) is 5.65 Å². The fourth-order valence-corrected chi connectivity index (χ4v) is 3.85. The van der Waals surface area contributed by atoms with E-state index in [1.807, 2.05) is 26.8 Å². The topological polar surface area (TPSA) is 138 Å². The summed E-state index contributed by atoms with van der Waals surface area (Å²) in [6.07, 6.45) is 6.46. The van der Waals surface area contributed by atoms with Crippen molar-refractivity contribution >= 4 is 28.6 Å². The molecule has 0 spiro atoms. The van der Waals surface area contributed by atoms with Crippen LogP contribution in [-0.4, -0.2) is 37.4 Å². The van der Waals surface area contributed by atoms with Crippen LogP contribution in [0.25, 0.3) is 16.7 Å². The number of aryl methyl sites for hydroxylation is 1. The number of esters is 1. The molecule has 198 valence electrons. The second kappa shape index (κ2) is 12.0. The Morgan fingerprint density at radius 1 is 1.29 bits per heavy atom. The average molecular weight is 520 g/mol. The summed E-state index contributed by atoms with van der Waals surface area (Å²) in [5.74, 6) is -1.64. The van der Waals surface area contributed by atoms with E-state index in [0.717, 1.165) is 5.56 Å². The van der Waals surface area contributed by atoms with E-state index in [2.05, 4.69) is 11.6 Å². The van der Waals surface area contributed by atoms with E-state index >= 15 is 0 Å². The zero-order valence-corrected chi connectivity index (χ0v) is 21.7. The van der Waals surface area contributed by atoms with Gasteiger partial charge in [0.2, 0.25) is 0 Å². The van der Waals surface area contributed by atoms with Crippen molar-refractivity contribution in [2.24, 2.45) is 10.9 Å². The van der Waals surface area contributed by atoms with Crippen molar-refractivity contribution in [3.8, 4) is 0 Å². The van der Waals surface area contributed by atoms with Crippen molar-refractivity contribution in [3.63, 3.8) is 0 Å². The predicted molar refractivity (Wildman–Crippen MR) is 142 cm³/mol. The summed E-state index contributed by atoms with van der Waals surface area (Å²) in [6.45, 7) is 11.1. The third-order valence-electron chi connectivity index (χ3n) is 5.48. The number of hydrogen-bond acceptors (Lipinski definition) is 7. The molecule has 0 aliphatic heterocycles. The summed E-state index contributed by atoms with van der Waals surface area (Å²) in [7, 11) is 0. The highest BCUT2D eigenvalue weighted by Gasteiger charge is 2.22. The quantitative estimate of drug-likeness (QED) is 0.139. The summed E-state index contributed by atoms with van der Waals surface area (Å²) in [5.41, 5.74) is 0.417. The monoisotopic (exact) mass is 519 g/mol. The van der Waals surface area contributed by atoms with E-state index in [9.17, 15) is 24.5 Å². The van der Waals surface area contributed by atoms with Gasteiger partial charge in [0.25, 0.3) is 17.2 Å². The normalized spacial score (nSPS) is 12.6. The number of ether oxygens (including phenoxy) is 1. The first-order chi connectivity index (χ1) is 18.1. The van der Waals surface area contributed by atoms with Gasteiger partial charge in [0.05, 0.1) is 16.9 Å². The number of aromatic nitrogens is 3. The first-order valence-electron chi connectivity index (χ1n) is 12.0. The molecule has 0 N–H and O–H groups in total. The molecule has 3 aromatic heterocycles. The molecule has 0 aliphatic carbocycles. The first kappa shape index (κ1) is 27.9. The number of hydrogen-bond donors (Lipinski definition) is 0. The maximum Gasteiger partial charge on any atom is 0.341 e. The van der Waals surface area contributed by atoms with E-state index < -0.39 is 28.8 Å². The van der Waals surface area contributed by atoms with Gasteiger partial charge >= 0.3 is 5.97 Å². The average Bonchev–Trinajstić information content (AvgIpc) is 2.85. The van der Waals surface area contributed by atoms with Crippen molar-refractivity contribution < 1.29 is 19.2 Å². The smallest absolute Gasteiger partial charge is 0.341 e. The van der Waals surface area contributed by atoms with Gasteiger partial charge in [-0.05, 0) is 37.5 Å². The van der Waals surface area contributed by atoms with Crippen molar-refractivity contribution in [1.29, 1.82) is 0 Å². The van der Waals surface area contributed by atoms with Crippen LogP contribution < -0.4 is 11.0 Å². The fourth-order valence-electron chi connectivity index (χ4n) is 3.85. The molecule has 0 aliphatic rings. The van der Waals surface area contributed by atoms with Crippen LogP contribution in [0, 0.1) is 23.0 Å². The Kier molecular flexibility index (Phi) is 8.85. The predicted octanol–water partition coefficient (Wildman–Crippen LogP) is 3.51. The third kappa shape index (κ3) is 6.00. The number of amides is 1. The van der Waals surface area contributed by atoms with Crippen LogP contribution in [0.2, 0.25) is 0 Å². The maximum atomic E-state index is 13.5. The Morgan fingerprint density at radius 2 is 2.03 bits per heavy atom. The van der Waals surface area contributed by atoms with Crippen LogP contribution in [0.4, 0.5) is 0 Å². The van der Waals surface area contributed by atoms with E-state index in [1.54, 1.807) is 19.2 Å². The summed E-state index contributed by atoms with van der Waals surface area (Å²) in [4.78, 5) is 59.1. The Labute approximate surface area is 218 Å². The Bertz CT molecular complexity index is 1620. The Balaban J connectivity index is 2.41. The first-order valence-corrected chi connectivity index (χ1v) is 12.0. The van der Waals surface area contributed by atoms with Gasteiger partial charge in [0.1, 0.15) is 23.3 Å². The second-order valence-electron chi connectivity index (χ2n) is 8.86. The highest BCUT2D eigenvalue weighted by molar-refractivity contribution is 5.94. The number of carbonyl (C=O) groups excluding carboxylic acids is 2. The molecule has 0 radical (unpaired) electrons. The minimum Gasteiger partial charge on any atom is -0.462 e. The number of carbonyl (C=O) groups is 2. The summed E-state index contributed by atoms with van der Waals surface area (Å²) >= 11 is 0. The number of pyridine rings is 2. The van der Waals surface area contributed by atoms with Crippen molar-refractivity contribution in [1.82, 2.24) is 14.0 Å². The van der Waals surface area contributed by atoms with Gasteiger partial charge in [-0.1, -0.05) is 44.7 Å². The molecule has 11 nitrogen and oxygen atoms in total. The maximum absolute atomic E-state index is 13.5. The largest absolute Gasteiger partial charge is 0.462 e. The lowest BCUT2D eigenvalue weighted by Gasteiger charge is -2.17. The van der Waals surface area contributed by atoms with Crippen LogP contribution in [0.3, 0.4) is 0 Å². The molecular weight excluding hydrogens is 490 g/mol. The van der Waals surface area contributed by atoms with Crippen LogP contribution in [0.5, 0.6) is 0 Å². The van der Waals surface area contributed by atoms with E-state index in [-0.39, 0.29) is 46.9 Å². The molecule has 38 heavy (non-hydrogen) atoms. The van der Waals surface area contributed by atoms with Gasteiger partial charge in [0.15, 0.2) is 5.49 Å². The van der Waals surface area contributed by atoms with Gasteiger partial charge < -0.3 is 9.30 Å². The highest BCUT2D eigenvalue weighted by Crippen LogP contribution is 2.15. The molecule has 0 bridgehead atoms. The molecule has 3 rings (SSSR count). The number of nitrogens with zero attached hydrogens (tertiary/aromatic N) is 5. The molecular formula is C27H29N5O6. The number of fused-ring (bicyclic) bond motifs is 2. The highest BCUT2D eigenvalue weighted by atomic mass is 16.6. The van der Waals surface area contributed by atoms with Crippen molar-refractivity contribution in [3.05, 3.63) is 98.1 Å². The third-order valence-corrected chi connectivity index (χ3v) is 5.48. The second-order valence-corrected chi connectivity index (χ2v) is 8.86. The number of allylic oxidation sites excluding steroid dienone is 4. The minimum atomic E-state index is -0.851. The summed E-state index contributed by atoms with van der Waals surface area (Å²) in [5, 5.41) is 11.6. The molecule has 0 atom stereocenters. The lowest BCUT2D eigenvalue weighted by molar-refractivity contribution is -0.426. The van der Waals surface area contributed by atoms with Gasteiger partial charge in [-0.2, -0.15) is 4.99 Å². The van der Waals surface area contributed by atoms with Crippen LogP contribution in [0.15, 0.2) is 70.8 Å². The summed E-state index contributed by atoms with van der Waals surface area (Å²) < 4.78 is 8.12. The molecule has 3 aromatic rings. The fraction of sp³-hybridized carbons (Fsp3) is 0.296. The van der Waals surface area contributed by atoms with E-state index in [4.69, 9.17) is 9.72 Å². The lowest BCUT2D eigenvalue weighted by atomic mass is 10.1. The Morgan fingerprint density at radius 3 is 2.66 bits per heavy atom. The van der Waals surface area contributed by atoms with Gasteiger partial charge in [-0.15, -0.1) is 0 Å². The molecule has 0 saturated heterocycles. The molecule has 3 heterocycles. The standard InChI is InChI=1S/C27H29N5O6/c1-6-8-9-12-19(32(36)37)14-22(33)28-25-21(27(35)38-7-2)15-20-24(31(25)16-17(3)4)29-23-18(5)11-10-13-30(23)26(20)34/h6,8-13,15,17H,1,7,14,16H2,2-5H3/b9-8-,19-12+,28-25?. The van der Waals surface area contributed by atoms with Gasteiger partial charge in [-0.3, -0.25) is 24.1 Å². The zero-order valence-electron chi connectivity index (χ0n) is 21.7. The van der Waals surface area contributed by atoms with Crippen LogP contribution in [-0.2, 0) is 16.1 Å². The van der Waals surface area contributed by atoms with Crippen molar-refractivity contribution in [2.45, 2.75) is 40.7 Å². The zero-order chi connectivity index (χ0) is 28.0. The molecule has 0 aromatic carbocycles. The number of rotatable bonds is 9. The molecule has 11 heteroatoms. The van der Waals surface area contributed by atoms with Crippen molar-refractivity contribution in [2.75, 3.05) is 6.61 Å². The minimum absolute atomic E-state index is 0.0000855. The van der Waals surface area contributed by atoms with Crippen LogP contribution in [0.1, 0.15) is 43.1 Å². The van der Waals surface area contributed by atoms with Gasteiger partial charge in [-0.25, -0.2) is 9.78 Å². The molecule has 0 fully saturated rings. The lowest BCUT2D eigenvalue weighted by Crippen LogP contribution is -2.34. The SMILES string of the molecule is C=C/C=C\C=C(/CC(=O)N=c1c(C(=O)OCC)cc2c(=O)n3cccc(C)c3nc2n1CC(C)C)[N+](=O)[O-].